The summed E-state index contributed by atoms with van der Waals surface area (Å²) in [4.78, 5) is 28.6. The van der Waals surface area contributed by atoms with Crippen molar-refractivity contribution in [2.45, 2.75) is 33.6 Å². The zero-order valence-corrected chi connectivity index (χ0v) is 19.0. The molecule has 1 amide bonds. The molecule has 3 heterocycles. The SMILES string of the molecule is Cc1ncsc1C(=O)Nc1ccc(OCCN2CCCC2)c(-c2c(C)ncnc2C)c1. The lowest BCUT2D eigenvalue weighted by atomic mass is 10.0. The predicted octanol–water partition coefficient (Wildman–Crippen LogP) is 4.25. The third-order valence-corrected chi connectivity index (χ3v) is 6.48. The van der Waals surface area contributed by atoms with Gasteiger partial charge in [0.15, 0.2) is 0 Å². The number of nitrogens with one attached hydrogen (secondary N) is 1. The standard InChI is InChI=1S/C23H27N5O2S/c1-15-21(16(2)25-13-24-15)19-12-18(27-23(29)22-17(3)26-14-31-22)6-7-20(19)30-11-10-28-8-4-5-9-28/h6-7,12-14H,4-5,8-11H2,1-3H3,(H,27,29). The van der Waals surface area contributed by atoms with Crippen LogP contribution in [0.1, 0.15) is 39.6 Å². The molecule has 0 radical (unpaired) electrons. The monoisotopic (exact) mass is 437 g/mol. The Morgan fingerprint density at radius 3 is 2.52 bits per heavy atom. The van der Waals surface area contributed by atoms with E-state index in [2.05, 4.69) is 25.2 Å². The second-order valence-electron chi connectivity index (χ2n) is 7.75. The van der Waals surface area contributed by atoms with E-state index in [1.807, 2.05) is 39.0 Å². The first-order valence-corrected chi connectivity index (χ1v) is 11.4. The van der Waals surface area contributed by atoms with Crippen LogP contribution in [-0.4, -0.2) is 52.0 Å². The highest BCUT2D eigenvalue weighted by molar-refractivity contribution is 7.12. The van der Waals surface area contributed by atoms with Crippen molar-refractivity contribution >= 4 is 22.9 Å². The summed E-state index contributed by atoms with van der Waals surface area (Å²) in [6, 6.07) is 5.73. The first kappa shape index (κ1) is 21.4. The van der Waals surface area contributed by atoms with Crippen molar-refractivity contribution in [1.82, 2.24) is 19.9 Å². The molecule has 1 N–H and O–H groups in total. The molecule has 7 nitrogen and oxygen atoms in total. The molecular weight excluding hydrogens is 410 g/mol. The normalized spacial score (nSPS) is 14.0. The van der Waals surface area contributed by atoms with Crippen LogP contribution in [0.15, 0.2) is 30.0 Å². The molecule has 1 fully saturated rings. The van der Waals surface area contributed by atoms with E-state index in [4.69, 9.17) is 4.74 Å². The van der Waals surface area contributed by atoms with Crippen LogP contribution in [0.25, 0.3) is 11.1 Å². The lowest BCUT2D eigenvalue weighted by Crippen LogP contribution is -2.25. The molecule has 0 unspecified atom stereocenters. The van der Waals surface area contributed by atoms with Gasteiger partial charge in [-0.3, -0.25) is 9.69 Å². The van der Waals surface area contributed by atoms with Crippen molar-refractivity contribution in [2.75, 3.05) is 31.6 Å². The van der Waals surface area contributed by atoms with Gasteiger partial charge in [-0.1, -0.05) is 0 Å². The van der Waals surface area contributed by atoms with Gasteiger partial charge in [0.25, 0.3) is 5.91 Å². The Morgan fingerprint density at radius 1 is 1.10 bits per heavy atom. The van der Waals surface area contributed by atoms with Crippen molar-refractivity contribution in [2.24, 2.45) is 0 Å². The topological polar surface area (TPSA) is 80.2 Å². The first-order chi connectivity index (χ1) is 15.0. The summed E-state index contributed by atoms with van der Waals surface area (Å²) in [7, 11) is 0. The molecule has 4 rings (SSSR count). The van der Waals surface area contributed by atoms with Crippen molar-refractivity contribution in [1.29, 1.82) is 0 Å². The highest BCUT2D eigenvalue weighted by Gasteiger charge is 2.18. The molecule has 1 aliphatic heterocycles. The predicted molar refractivity (Wildman–Crippen MR) is 123 cm³/mol. The summed E-state index contributed by atoms with van der Waals surface area (Å²) in [6.07, 6.45) is 4.09. The summed E-state index contributed by atoms with van der Waals surface area (Å²) < 4.78 is 6.20. The third kappa shape index (κ3) is 4.91. The number of ether oxygens (including phenoxy) is 1. The minimum absolute atomic E-state index is 0.161. The number of carbonyl (C=O) groups is 1. The fourth-order valence-corrected chi connectivity index (χ4v) is 4.61. The van der Waals surface area contributed by atoms with Crippen molar-refractivity contribution in [3.63, 3.8) is 0 Å². The van der Waals surface area contributed by atoms with E-state index in [1.54, 1.807) is 11.8 Å². The summed E-state index contributed by atoms with van der Waals surface area (Å²) in [5, 5.41) is 2.99. The Bertz CT molecular complexity index is 1060. The number of benzene rings is 1. The van der Waals surface area contributed by atoms with Crippen molar-refractivity contribution in [3.05, 3.63) is 52.0 Å². The second-order valence-corrected chi connectivity index (χ2v) is 8.60. The highest BCUT2D eigenvalue weighted by atomic mass is 32.1. The Kier molecular flexibility index (Phi) is 6.58. The highest BCUT2D eigenvalue weighted by Crippen LogP contribution is 2.36. The van der Waals surface area contributed by atoms with E-state index in [-0.39, 0.29) is 5.91 Å². The molecule has 3 aromatic rings. The maximum atomic E-state index is 12.7. The van der Waals surface area contributed by atoms with Crippen LogP contribution in [0.5, 0.6) is 5.75 Å². The molecule has 0 atom stereocenters. The number of anilines is 1. The van der Waals surface area contributed by atoms with Crippen LogP contribution >= 0.6 is 11.3 Å². The number of aromatic nitrogens is 3. The Morgan fingerprint density at radius 2 is 1.84 bits per heavy atom. The van der Waals surface area contributed by atoms with Gasteiger partial charge in [-0.2, -0.15) is 0 Å². The van der Waals surface area contributed by atoms with E-state index in [0.717, 1.165) is 53.6 Å². The molecule has 1 saturated heterocycles. The molecule has 0 aliphatic carbocycles. The van der Waals surface area contributed by atoms with Crippen LogP contribution in [0, 0.1) is 20.8 Å². The Labute approximate surface area is 186 Å². The van der Waals surface area contributed by atoms with E-state index >= 15 is 0 Å². The van der Waals surface area contributed by atoms with Crippen LogP contribution in [0.2, 0.25) is 0 Å². The van der Waals surface area contributed by atoms with Crippen molar-refractivity contribution < 1.29 is 9.53 Å². The number of hydrogen-bond acceptors (Lipinski definition) is 7. The van der Waals surface area contributed by atoms with Crippen LogP contribution in [0.4, 0.5) is 5.69 Å². The van der Waals surface area contributed by atoms with E-state index in [0.29, 0.717) is 17.2 Å². The van der Waals surface area contributed by atoms with Crippen LogP contribution in [-0.2, 0) is 0 Å². The molecule has 31 heavy (non-hydrogen) atoms. The second kappa shape index (κ2) is 9.53. The fraction of sp³-hybridized carbons (Fsp3) is 0.391. The summed E-state index contributed by atoms with van der Waals surface area (Å²) in [6.45, 7) is 9.57. The van der Waals surface area contributed by atoms with E-state index in [9.17, 15) is 4.79 Å². The average Bonchev–Trinajstić information content (AvgIpc) is 3.41. The van der Waals surface area contributed by atoms with Gasteiger partial charge in [0.2, 0.25) is 0 Å². The average molecular weight is 438 g/mol. The maximum absolute atomic E-state index is 12.7. The minimum Gasteiger partial charge on any atom is -0.492 e. The zero-order chi connectivity index (χ0) is 21.8. The molecular formula is C23H27N5O2S. The summed E-state index contributed by atoms with van der Waals surface area (Å²) >= 11 is 1.34. The molecule has 8 heteroatoms. The molecule has 2 aromatic heterocycles. The number of amides is 1. The van der Waals surface area contributed by atoms with Gasteiger partial charge in [-0.15, -0.1) is 11.3 Å². The molecule has 0 saturated carbocycles. The minimum atomic E-state index is -0.161. The number of rotatable bonds is 7. The zero-order valence-electron chi connectivity index (χ0n) is 18.1. The number of likely N-dealkylation sites (tertiary alicyclic amines) is 1. The third-order valence-electron chi connectivity index (χ3n) is 5.55. The van der Waals surface area contributed by atoms with Gasteiger partial charge in [0, 0.05) is 34.7 Å². The van der Waals surface area contributed by atoms with Crippen LogP contribution in [0.3, 0.4) is 0 Å². The van der Waals surface area contributed by atoms with E-state index in [1.165, 1.54) is 24.2 Å². The van der Waals surface area contributed by atoms with Gasteiger partial charge < -0.3 is 10.1 Å². The maximum Gasteiger partial charge on any atom is 0.267 e. The number of thiazole rings is 1. The van der Waals surface area contributed by atoms with Gasteiger partial charge >= 0.3 is 0 Å². The number of carbonyl (C=O) groups excluding carboxylic acids is 1. The Balaban J connectivity index is 1.61. The lowest BCUT2D eigenvalue weighted by Gasteiger charge is -2.18. The van der Waals surface area contributed by atoms with Gasteiger partial charge in [-0.25, -0.2) is 15.0 Å². The quantitative estimate of drug-likeness (QED) is 0.595. The molecule has 1 aromatic carbocycles. The van der Waals surface area contributed by atoms with Gasteiger partial charge in [-0.05, 0) is 64.9 Å². The molecule has 162 valence electrons. The van der Waals surface area contributed by atoms with Gasteiger partial charge in [0.1, 0.15) is 23.6 Å². The fourth-order valence-electron chi connectivity index (χ4n) is 3.91. The van der Waals surface area contributed by atoms with Crippen LogP contribution < -0.4 is 10.1 Å². The largest absolute Gasteiger partial charge is 0.492 e. The number of hydrogen-bond donors (Lipinski definition) is 1. The van der Waals surface area contributed by atoms with Crippen molar-refractivity contribution in [3.8, 4) is 16.9 Å². The first-order valence-electron chi connectivity index (χ1n) is 10.5. The molecule has 0 bridgehead atoms. The van der Waals surface area contributed by atoms with E-state index < -0.39 is 0 Å². The Hall–Kier alpha value is -2.84. The lowest BCUT2D eigenvalue weighted by molar-refractivity contribution is 0.103. The summed E-state index contributed by atoms with van der Waals surface area (Å²) in [5.74, 6) is 0.610. The number of aryl methyl sites for hydroxylation is 3. The van der Waals surface area contributed by atoms with Gasteiger partial charge in [0.05, 0.1) is 11.2 Å². The molecule has 1 aliphatic rings. The summed E-state index contributed by atoms with van der Waals surface area (Å²) in [5.41, 5.74) is 6.67. The smallest absolute Gasteiger partial charge is 0.267 e. The number of nitrogens with zero attached hydrogens (tertiary/aromatic N) is 4. The molecule has 0 spiro atoms.